The maximum absolute atomic E-state index is 13.4. The van der Waals surface area contributed by atoms with Crippen LogP contribution in [0.3, 0.4) is 0 Å². The third kappa shape index (κ3) is 12.9. The molecule has 0 radical (unpaired) electrons. The number of ether oxygens (including phenoxy) is 2. The number of carbonyl (C=O) groups excluding carboxylic acids is 1. The average Bonchev–Trinajstić information content (AvgIpc) is 3.15. The Balaban J connectivity index is 1.45. The van der Waals surface area contributed by atoms with E-state index in [0.29, 0.717) is 33.7 Å². The number of alkyl halides is 1. The molecule has 4 rings (SSSR count). The monoisotopic (exact) mass is 825 g/mol. The van der Waals surface area contributed by atoms with E-state index in [2.05, 4.69) is 27.6 Å². The first kappa shape index (κ1) is 42.4. The summed E-state index contributed by atoms with van der Waals surface area (Å²) in [6.07, 6.45) is 16.2. The fourth-order valence-electron chi connectivity index (χ4n) is 6.33. The minimum absolute atomic E-state index is 0.0690. The van der Waals surface area contributed by atoms with Crippen LogP contribution in [-0.2, 0) is 22.0 Å². The van der Waals surface area contributed by atoms with Crippen molar-refractivity contribution in [2.75, 3.05) is 10.5 Å². The summed E-state index contributed by atoms with van der Waals surface area (Å²) in [5.74, 6) is -0.864. The first-order chi connectivity index (χ1) is 26.0. The van der Waals surface area contributed by atoms with Gasteiger partial charge < -0.3 is 20.3 Å². The molecule has 0 saturated heterocycles. The largest absolute Gasteiger partial charge is 0.506 e. The molecule has 0 spiro atoms. The minimum Gasteiger partial charge on any atom is -0.506 e. The van der Waals surface area contributed by atoms with Gasteiger partial charge in [-0.25, -0.2) is 8.42 Å². The highest BCUT2D eigenvalue weighted by molar-refractivity contribution is 9.08. The zero-order chi connectivity index (χ0) is 38.9. The number of sulfonamides is 1. The molecular formula is C41H52BrN3O8S. The number of nitro benzene ring substituents is 1. The predicted octanol–water partition coefficient (Wildman–Crippen LogP) is 11.0. The van der Waals surface area contributed by atoms with Crippen molar-refractivity contribution in [1.82, 2.24) is 0 Å². The van der Waals surface area contributed by atoms with E-state index in [0.717, 1.165) is 25.7 Å². The van der Waals surface area contributed by atoms with Crippen molar-refractivity contribution in [3.63, 3.8) is 0 Å². The normalized spacial score (nSPS) is 11.4. The molecular weight excluding hydrogens is 774 g/mol. The van der Waals surface area contributed by atoms with Crippen molar-refractivity contribution >= 4 is 54.0 Å². The first-order valence-electron chi connectivity index (χ1n) is 18.8. The second kappa shape index (κ2) is 21.5. The van der Waals surface area contributed by atoms with Crippen molar-refractivity contribution in [3.05, 3.63) is 93.5 Å². The topological polar surface area (TPSA) is 171 Å². The van der Waals surface area contributed by atoms with E-state index < -0.39 is 20.9 Å². The van der Waals surface area contributed by atoms with Crippen molar-refractivity contribution in [1.29, 1.82) is 0 Å². The third-order valence-electron chi connectivity index (χ3n) is 9.31. The number of benzene rings is 4. The van der Waals surface area contributed by atoms with E-state index in [1.165, 1.54) is 76.0 Å². The van der Waals surface area contributed by atoms with Gasteiger partial charge in [-0.05, 0) is 41.8 Å². The van der Waals surface area contributed by atoms with Gasteiger partial charge in [0.1, 0.15) is 18.1 Å². The maximum atomic E-state index is 13.4. The summed E-state index contributed by atoms with van der Waals surface area (Å²) >= 11 is 3.31. The lowest BCUT2D eigenvalue weighted by Gasteiger charge is -2.17. The molecule has 54 heavy (non-hydrogen) atoms. The fraction of sp³-hybridized carbons (Fsp3) is 0.439. The minimum atomic E-state index is -3.82. The summed E-state index contributed by atoms with van der Waals surface area (Å²) in [6.45, 7) is 2.13. The van der Waals surface area contributed by atoms with Gasteiger partial charge in [-0.1, -0.05) is 143 Å². The molecule has 0 unspecified atom stereocenters. The Hall–Kier alpha value is -4.36. The molecule has 292 valence electrons. The summed E-state index contributed by atoms with van der Waals surface area (Å²) in [5.41, 5.74) is 6.56. The molecule has 0 aliphatic carbocycles. The molecule has 0 aliphatic rings. The zero-order valence-corrected chi connectivity index (χ0v) is 33.4. The van der Waals surface area contributed by atoms with Crippen molar-refractivity contribution in [2.24, 2.45) is 5.73 Å². The Morgan fingerprint density at radius 3 is 1.96 bits per heavy atom. The standard InChI is InChI=1S/C41H52BrN3O8S/c1-2-3-4-5-6-7-8-9-10-11-12-13-14-17-24-54(50,51)44-35-25-31(29-52-38-23-20-30(28-42)26-36(38)45(48)49)21-22-37(35)53-39-27-34(41(43)47)40(46)33-19-16-15-18-32(33)39/h15-16,18-23,25-27,44,46H,2-14,17,24,28-29H2,1H3,(H2,43,47). The van der Waals surface area contributed by atoms with E-state index in [1.807, 2.05) is 0 Å². The van der Waals surface area contributed by atoms with Gasteiger partial charge >= 0.3 is 5.69 Å². The van der Waals surface area contributed by atoms with E-state index >= 15 is 0 Å². The number of phenols is 1. The third-order valence-corrected chi connectivity index (χ3v) is 11.3. The number of nitrogens with zero attached hydrogens (tertiary/aromatic N) is 1. The number of anilines is 1. The number of fused-ring (bicyclic) bond motifs is 1. The van der Waals surface area contributed by atoms with Crippen LogP contribution in [0.15, 0.2) is 66.7 Å². The molecule has 4 aromatic carbocycles. The van der Waals surface area contributed by atoms with Crippen molar-refractivity contribution < 1.29 is 32.7 Å². The van der Waals surface area contributed by atoms with Gasteiger partial charge in [0.2, 0.25) is 10.0 Å². The Kier molecular flexibility index (Phi) is 16.9. The Labute approximate surface area is 327 Å². The van der Waals surface area contributed by atoms with Crippen LogP contribution < -0.4 is 19.9 Å². The van der Waals surface area contributed by atoms with Gasteiger partial charge in [0, 0.05) is 22.2 Å². The van der Waals surface area contributed by atoms with Gasteiger partial charge in [-0.2, -0.15) is 0 Å². The predicted molar refractivity (Wildman–Crippen MR) is 218 cm³/mol. The second-order valence-corrected chi connectivity index (χ2v) is 16.0. The molecule has 11 nitrogen and oxygen atoms in total. The van der Waals surface area contributed by atoms with Crippen LogP contribution in [0, 0.1) is 10.1 Å². The summed E-state index contributed by atoms with van der Waals surface area (Å²) < 4.78 is 41.6. The number of hydrogen-bond acceptors (Lipinski definition) is 8. The highest BCUT2D eigenvalue weighted by atomic mass is 79.9. The number of halogens is 1. The molecule has 4 aromatic rings. The molecule has 0 saturated carbocycles. The number of nitro groups is 1. The maximum Gasteiger partial charge on any atom is 0.311 e. The van der Waals surface area contributed by atoms with Gasteiger partial charge in [-0.15, -0.1) is 0 Å². The Morgan fingerprint density at radius 1 is 0.796 bits per heavy atom. The van der Waals surface area contributed by atoms with Crippen LogP contribution in [0.25, 0.3) is 10.8 Å². The molecule has 0 aromatic heterocycles. The number of amides is 1. The molecule has 0 heterocycles. The van der Waals surface area contributed by atoms with Gasteiger partial charge in [-0.3, -0.25) is 19.6 Å². The lowest BCUT2D eigenvalue weighted by Crippen LogP contribution is -2.17. The van der Waals surface area contributed by atoms with Gasteiger partial charge in [0.05, 0.1) is 21.9 Å². The molecule has 1 amide bonds. The molecule has 4 N–H and O–H groups in total. The van der Waals surface area contributed by atoms with Crippen molar-refractivity contribution in [3.8, 4) is 23.0 Å². The van der Waals surface area contributed by atoms with Crippen molar-refractivity contribution in [2.45, 2.75) is 109 Å². The number of nitrogens with two attached hydrogens (primary N) is 1. The van der Waals surface area contributed by atoms with Crippen LogP contribution in [0.5, 0.6) is 23.0 Å². The highest BCUT2D eigenvalue weighted by Gasteiger charge is 2.21. The number of aromatic hydroxyl groups is 1. The SMILES string of the molecule is CCCCCCCCCCCCCCCCS(=O)(=O)Nc1cc(COc2ccc(CBr)cc2[N+](=O)[O-])ccc1Oc1cc(C(N)=O)c(O)c2ccccc12. The molecule has 0 aliphatic heterocycles. The number of unbranched alkanes of at least 4 members (excludes halogenated alkanes) is 13. The number of nitrogens with one attached hydrogen (secondary N) is 1. The van der Waals surface area contributed by atoms with Crippen LogP contribution in [0.4, 0.5) is 11.4 Å². The molecule has 0 bridgehead atoms. The molecule has 0 fully saturated rings. The number of rotatable bonds is 25. The van der Waals surface area contributed by atoms with E-state index in [1.54, 1.807) is 48.5 Å². The van der Waals surface area contributed by atoms with E-state index in [4.69, 9.17) is 15.2 Å². The molecule has 0 atom stereocenters. The van der Waals surface area contributed by atoms with Crippen LogP contribution in [0.1, 0.15) is 118 Å². The number of primary amides is 1. The smallest absolute Gasteiger partial charge is 0.311 e. The lowest BCUT2D eigenvalue weighted by molar-refractivity contribution is -0.386. The number of carbonyl (C=O) groups is 1. The van der Waals surface area contributed by atoms with Crippen LogP contribution in [-0.4, -0.2) is 30.1 Å². The van der Waals surface area contributed by atoms with Gasteiger partial charge in [0.15, 0.2) is 11.5 Å². The summed E-state index contributed by atoms with van der Waals surface area (Å²) in [4.78, 5) is 23.4. The van der Waals surface area contributed by atoms with E-state index in [9.17, 15) is 28.4 Å². The quantitative estimate of drug-likeness (QED) is 0.0256. The number of hydrogen-bond donors (Lipinski definition) is 3. The first-order valence-corrected chi connectivity index (χ1v) is 21.6. The van der Waals surface area contributed by atoms with Crippen LogP contribution in [0.2, 0.25) is 0 Å². The highest BCUT2D eigenvalue weighted by Crippen LogP contribution is 2.40. The molecule has 13 heteroatoms. The summed E-state index contributed by atoms with van der Waals surface area (Å²) in [7, 11) is -3.82. The lowest BCUT2D eigenvalue weighted by atomic mass is 10.0. The van der Waals surface area contributed by atoms with Crippen LogP contribution >= 0.6 is 15.9 Å². The fourth-order valence-corrected chi connectivity index (χ4v) is 7.86. The second-order valence-electron chi connectivity index (χ2n) is 13.6. The summed E-state index contributed by atoms with van der Waals surface area (Å²) in [6, 6.07) is 17.5. The van der Waals surface area contributed by atoms with Gasteiger partial charge in [0.25, 0.3) is 5.91 Å². The average molecular weight is 827 g/mol. The zero-order valence-electron chi connectivity index (χ0n) is 31.0. The van der Waals surface area contributed by atoms with E-state index in [-0.39, 0.29) is 52.3 Å². The Morgan fingerprint density at radius 2 is 1.37 bits per heavy atom. The summed E-state index contributed by atoms with van der Waals surface area (Å²) in [5, 5.41) is 23.7. The Bertz CT molecular complexity index is 1970.